The summed E-state index contributed by atoms with van der Waals surface area (Å²) in [6, 6.07) is 3.98. The summed E-state index contributed by atoms with van der Waals surface area (Å²) in [5.41, 5.74) is 1.53. The average Bonchev–Trinajstić information content (AvgIpc) is 2.84. The van der Waals surface area contributed by atoms with Crippen LogP contribution in [-0.4, -0.2) is 28.3 Å². The fourth-order valence-electron chi connectivity index (χ4n) is 1.83. The second kappa shape index (κ2) is 5.36. The van der Waals surface area contributed by atoms with E-state index in [1.165, 1.54) is 0 Å². The Morgan fingerprint density at radius 3 is 2.74 bits per heavy atom. The van der Waals surface area contributed by atoms with Crippen LogP contribution in [-0.2, 0) is 6.54 Å². The highest BCUT2D eigenvalue weighted by atomic mass is 32.1. The monoisotopic (exact) mass is 277 g/mol. The Hall–Kier alpha value is -1.95. The molecule has 0 saturated carbocycles. The number of aryl methyl sites for hydroxylation is 1. The minimum atomic E-state index is -0.969. The predicted molar refractivity (Wildman–Crippen MR) is 74.9 cm³/mol. The lowest BCUT2D eigenvalue weighted by molar-refractivity contribution is 0.0696. The van der Waals surface area contributed by atoms with Gasteiger partial charge in [-0.1, -0.05) is 6.07 Å². The van der Waals surface area contributed by atoms with Crippen LogP contribution in [0.2, 0.25) is 0 Å². The van der Waals surface area contributed by atoms with Gasteiger partial charge in [-0.2, -0.15) is 5.10 Å². The van der Waals surface area contributed by atoms with Gasteiger partial charge in [0.05, 0.1) is 12.2 Å². The van der Waals surface area contributed by atoms with Gasteiger partial charge < -0.3 is 10.0 Å². The molecule has 2 heterocycles. The molecule has 0 amide bonds. The molecule has 0 unspecified atom stereocenters. The van der Waals surface area contributed by atoms with Gasteiger partial charge in [-0.05, 0) is 30.9 Å². The fraction of sp³-hybridized carbons (Fsp3) is 0.308. The maximum Gasteiger partial charge on any atom is 0.339 e. The second-order valence-electron chi connectivity index (χ2n) is 4.35. The Bertz CT molecular complexity index is 596. The quantitative estimate of drug-likeness (QED) is 0.930. The van der Waals surface area contributed by atoms with E-state index >= 15 is 0 Å². The topological polar surface area (TPSA) is 66.3 Å². The van der Waals surface area contributed by atoms with E-state index in [2.05, 4.69) is 10.2 Å². The molecule has 0 saturated heterocycles. The highest BCUT2D eigenvalue weighted by Gasteiger charge is 2.20. The van der Waals surface area contributed by atoms with Crippen molar-refractivity contribution < 1.29 is 9.90 Å². The number of hydrogen-bond donors (Lipinski definition) is 1. The maximum absolute atomic E-state index is 11.4. The van der Waals surface area contributed by atoms with Gasteiger partial charge in [0, 0.05) is 11.9 Å². The molecule has 0 aromatic carbocycles. The summed E-state index contributed by atoms with van der Waals surface area (Å²) < 4.78 is 0. The highest BCUT2D eigenvalue weighted by Crippen LogP contribution is 2.23. The van der Waals surface area contributed by atoms with Crippen LogP contribution < -0.4 is 4.90 Å². The number of carboxylic acid groups (broad SMARTS) is 1. The van der Waals surface area contributed by atoms with Crippen molar-refractivity contribution in [2.75, 3.05) is 11.9 Å². The Balaban J connectivity index is 2.38. The van der Waals surface area contributed by atoms with Crippen LogP contribution in [0, 0.1) is 13.8 Å². The van der Waals surface area contributed by atoms with Gasteiger partial charge in [-0.15, -0.1) is 16.4 Å². The third-order valence-corrected chi connectivity index (χ3v) is 3.85. The number of carboxylic acids is 1. The van der Waals surface area contributed by atoms with Gasteiger partial charge in [0.1, 0.15) is 5.56 Å². The zero-order valence-electron chi connectivity index (χ0n) is 11.0. The van der Waals surface area contributed by atoms with Crippen LogP contribution in [0.25, 0.3) is 0 Å². The van der Waals surface area contributed by atoms with Crippen molar-refractivity contribution in [1.29, 1.82) is 0 Å². The lowest BCUT2D eigenvalue weighted by Crippen LogP contribution is -2.22. The van der Waals surface area contributed by atoms with Gasteiger partial charge in [-0.25, -0.2) is 4.79 Å². The summed E-state index contributed by atoms with van der Waals surface area (Å²) in [5, 5.41) is 19.4. The molecule has 0 spiro atoms. The Morgan fingerprint density at radius 2 is 2.16 bits per heavy atom. The molecule has 2 rings (SSSR count). The first kappa shape index (κ1) is 13.5. The molecule has 19 heavy (non-hydrogen) atoms. The molecular formula is C13H15N3O2S. The molecular weight excluding hydrogens is 262 g/mol. The molecule has 1 N–H and O–H groups in total. The maximum atomic E-state index is 11.4. The molecule has 2 aromatic heterocycles. The first-order valence-electron chi connectivity index (χ1n) is 5.81. The minimum Gasteiger partial charge on any atom is -0.478 e. The van der Waals surface area contributed by atoms with E-state index in [1.54, 1.807) is 25.2 Å². The first-order valence-corrected chi connectivity index (χ1v) is 6.69. The van der Waals surface area contributed by atoms with Crippen LogP contribution >= 0.6 is 11.3 Å². The third kappa shape index (κ3) is 2.73. The molecule has 0 bridgehead atoms. The van der Waals surface area contributed by atoms with Gasteiger partial charge >= 0.3 is 5.97 Å². The first-order chi connectivity index (χ1) is 9.00. The van der Waals surface area contributed by atoms with Crippen molar-refractivity contribution >= 4 is 23.1 Å². The SMILES string of the molecule is Cc1nnc(N(C)Cc2cccs2)c(C(=O)O)c1C. The van der Waals surface area contributed by atoms with Crippen molar-refractivity contribution in [2.45, 2.75) is 20.4 Å². The van der Waals surface area contributed by atoms with Crippen molar-refractivity contribution in [3.63, 3.8) is 0 Å². The van der Waals surface area contributed by atoms with Crippen LogP contribution in [0.3, 0.4) is 0 Å². The molecule has 5 nitrogen and oxygen atoms in total. The largest absolute Gasteiger partial charge is 0.478 e. The smallest absolute Gasteiger partial charge is 0.339 e. The Labute approximate surface area is 115 Å². The summed E-state index contributed by atoms with van der Waals surface area (Å²) in [4.78, 5) is 14.4. The molecule has 2 aromatic rings. The molecule has 100 valence electrons. The average molecular weight is 277 g/mol. The highest BCUT2D eigenvalue weighted by molar-refractivity contribution is 7.09. The fourth-order valence-corrected chi connectivity index (χ4v) is 2.59. The second-order valence-corrected chi connectivity index (χ2v) is 5.38. The third-order valence-electron chi connectivity index (χ3n) is 2.98. The van der Waals surface area contributed by atoms with Crippen LogP contribution in [0.5, 0.6) is 0 Å². The molecule has 0 atom stereocenters. The van der Waals surface area contributed by atoms with E-state index < -0.39 is 5.97 Å². The van der Waals surface area contributed by atoms with Crippen LogP contribution in [0.4, 0.5) is 5.82 Å². The predicted octanol–water partition coefficient (Wildman–Crippen LogP) is 2.49. The van der Waals surface area contributed by atoms with Gasteiger partial charge in [0.25, 0.3) is 0 Å². The molecule has 0 radical (unpaired) electrons. The van der Waals surface area contributed by atoms with Gasteiger partial charge in [0.2, 0.25) is 0 Å². The Morgan fingerprint density at radius 1 is 1.42 bits per heavy atom. The summed E-state index contributed by atoms with van der Waals surface area (Å²) >= 11 is 1.63. The molecule has 0 fully saturated rings. The van der Waals surface area contributed by atoms with E-state index in [9.17, 15) is 9.90 Å². The number of rotatable bonds is 4. The molecule has 6 heteroatoms. The number of hydrogen-bond acceptors (Lipinski definition) is 5. The molecule has 0 aliphatic heterocycles. The Kier molecular flexibility index (Phi) is 3.80. The van der Waals surface area contributed by atoms with Crippen LogP contribution in [0.15, 0.2) is 17.5 Å². The number of aromatic carboxylic acids is 1. The lowest BCUT2D eigenvalue weighted by atomic mass is 10.1. The standard InChI is InChI=1S/C13H15N3O2S/c1-8-9(2)14-15-12(11(8)13(17)18)16(3)7-10-5-4-6-19-10/h4-6H,7H2,1-3H3,(H,17,18). The summed E-state index contributed by atoms with van der Waals surface area (Å²) in [6.07, 6.45) is 0. The summed E-state index contributed by atoms with van der Waals surface area (Å²) in [6.45, 7) is 4.14. The number of thiophene rings is 1. The van der Waals surface area contributed by atoms with E-state index in [0.717, 1.165) is 4.88 Å². The summed E-state index contributed by atoms with van der Waals surface area (Å²) in [7, 11) is 1.82. The number of carbonyl (C=O) groups is 1. The van der Waals surface area contributed by atoms with Crippen molar-refractivity contribution in [3.05, 3.63) is 39.2 Å². The van der Waals surface area contributed by atoms with Gasteiger partial charge in [-0.3, -0.25) is 0 Å². The molecule has 0 aliphatic rings. The summed E-state index contributed by atoms with van der Waals surface area (Å²) in [5.74, 6) is -0.562. The lowest BCUT2D eigenvalue weighted by Gasteiger charge is -2.20. The zero-order valence-corrected chi connectivity index (χ0v) is 11.9. The van der Waals surface area contributed by atoms with E-state index in [0.29, 0.717) is 23.6 Å². The number of anilines is 1. The van der Waals surface area contributed by atoms with E-state index in [-0.39, 0.29) is 5.56 Å². The normalized spacial score (nSPS) is 10.5. The zero-order chi connectivity index (χ0) is 14.0. The van der Waals surface area contributed by atoms with Crippen LogP contribution in [0.1, 0.15) is 26.5 Å². The number of nitrogens with zero attached hydrogens (tertiary/aromatic N) is 3. The molecule has 0 aliphatic carbocycles. The van der Waals surface area contributed by atoms with Crippen molar-refractivity contribution in [2.24, 2.45) is 0 Å². The van der Waals surface area contributed by atoms with Crippen molar-refractivity contribution in [1.82, 2.24) is 10.2 Å². The number of aromatic nitrogens is 2. The van der Waals surface area contributed by atoms with Gasteiger partial charge in [0.15, 0.2) is 5.82 Å². The van der Waals surface area contributed by atoms with E-state index in [1.807, 2.05) is 29.5 Å². The van der Waals surface area contributed by atoms with E-state index in [4.69, 9.17) is 0 Å². The minimum absolute atomic E-state index is 0.228. The van der Waals surface area contributed by atoms with Crippen molar-refractivity contribution in [3.8, 4) is 0 Å².